The molecule has 0 atom stereocenters. The average molecular weight is 312 g/mol. The normalized spacial score (nSPS) is 11.5. The van der Waals surface area contributed by atoms with Crippen LogP contribution in [0.5, 0.6) is 0 Å². The zero-order chi connectivity index (χ0) is 16.5. The first kappa shape index (κ1) is 17.7. The minimum atomic E-state index is -2.20. The number of halogens is 2. The van der Waals surface area contributed by atoms with E-state index in [4.69, 9.17) is 9.47 Å². The number of rotatable bonds is 7. The van der Waals surface area contributed by atoms with Crippen LogP contribution in [0.1, 0.15) is 25.8 Å². The molecule has 0 unspecified atom stereocenters. The molecule has 0 saturated heterocycles. The van der Waals surface area contributed by atoms with Crippen molar-refractivity contribution < 1.29 is 28.2 Å². The summed E-state index contributed by atoms with van der Waals surface area (Å²) in [4.78, 5) is 11.8. The maximum atomic E-state index is 13.2. The Bertz CT molecular complexity index is 561. The van der Waals surface area contributed by atoms with Gasteiger partial charge in [-0.3, -0.25) is 0 Å². The van der Waals surface area contributed by atoms with Crippen LogP contribution in [0.4, 0.5) is 8.78 Å². The van der Waals surface area contributed by atoms with E-state index in [1.807, 2.05) is 0 Å². The van der Waals surface area contributed by atoms with E-state index in [0.717, 1.165) is 0 Å². The van der Waals surface area contributed by atoms with Crippen LogP contribution in [-0.4, -0.2) is 17.7 Å². The van der Waals surface area contributed by atoms with Crippen molar-refractivity contribution in [3.05, 3.63) is 59.1 Å². The lowest BCUT2D eigenvalue weighted by Crippen LogP contribution is -2.15. The smallest absolute Gasteiger partial charge is 0.345 e. The fourth-order valence-corrected chi connectivity index (χ4v) is 1.67. The highest BCUT2D eigenvalue weighted by Gasteiger charge is 2.26. The van der Waals surface area contributed by atoms with Crippen LogP contribution in [0.3, 0.4) is 0 Å². The van der Waals surface area contributed by atoms with Crippen LogP contribution < -0.4 is 0 Å². The van der Waals surface area contributed by atoms with Crippen molar-refractivity contribution >= 4 is 5.97 Å². The van der Waals surface area contributed by atoms with Crippen molar-refractivity contribution in [3.8, 4) is 0 Å². The van der Waals surface area contributed by atoms with Gasteiger partial charge >= 0.3 is 12.0 Å². The quantitative estimate of drug-likeness (QED) is 0.356. The van der Waals surface area contributed by atoms with Gasteiger partial charge in [0.25, 0.3) is 0 Å². The summed E-state index contributed by atoms with van der Waals surface area (Å²) in [5.74, 6) is -2.51. The second kappa shape index (κ2) is 8.81. The van der Waals surface area contributed by atoms with Crippen LogP contribution >= 0.6 is 0 Å². The van der Waals surface area contributed by atoms with Gasteiger partial charge in [-0.2, -0.15) is 8.78 Å². The molecule has 1 aromatic carbocycles. The first-order valence-corrected chi connectivity index (χ1v) is 6.82. The Morgan fingerprint density at radius 1 is 1.14 bits per heavy atom. The number of esters is 1. The zero-order valence-electron chi connectivity index (χ0n) is 12.4. The molecule has 0 heterocycles. The maximum Gasteiger partial charge on any atom is 0.345 e. The van der Waals surface area contributed by atoms with E-state index in [1.165, 1.54) is 6.92 Å². The van der Waals surface area contributed by atoms with E-state index in [-0.39, 0.29) is 19.6 Å². The number of allylic oxidation sites excluding steroid dienone is 1. The summed E-state index contributed by atoms with van der Waals surface area (Å²) in [5.41, 5.74) is 0.0146. The molecule has 0 aliphatic rings. The Morgan fingerprint density at radius 3 is 2.27 bits per heavy atom. The fourth-order valence-electron chi connectivity index (χ4n) is 1.67. The molecule has 0 saturated carbocycles. The molecular formula is C16H18F2O4. The van der Waals surface area contributed by atoms with Gasteiger partial charge in [0.15, 0.2) is 0 Å². The predicted molar refractivity (Wildman–Crippen MR) is 77.1 cm³/mol. The summed E-state index contributed by atoms with van der Waals surface area (Å²) in [6.45, 7) is 2.91. The van der Waals surface area contributed by atoms with Crippen LogP contribution in [0.2, 0.25) is 0 Å². The summed E-state index contributed by atoms with van der Waals surface area (Å²) in [7, 11) is 0. The van der Waals surface area contributed by atoms with Gasteiger partial charge in [-0.1, -0.05) is 37.3 Å². The lowest BCUT2D eigenvalue weighted by molar-refractivity contribution is -0.139. The topological polar surface area (TPSA) is 55.8 Å². The number of carbonyl (C=O) groups excluding carboxylic acids is 1. The SMILES string of the molecule is CCOC(=O)/C(C(OCc1ccccc1)=C(F)F)=C(/O)CC. The first-order chi connectivity index (χ1) is 10.5. The van der Waals surface area contributed by atoms with E-state index < -0.39 is 29.1 Å². The second-order valence-electron chi connectivity index (χ2n) is 4.26. The molecule has 22 heavy (non-hydrogen) atoms. The molecule has 1 rings (SSSR count). The molecule has 0 aliphatic carbocycles. The van der Waals surface area contributed by atoms with Gasteiger partial charge in [-0.25, -0.2) is 4.79 Å². The maximum absolute atomic E-state index is 13.2. The molecule has 120 valence electrons. The summed E-state index contributed by atoms with van der Waals surface area (Å²) in [6.07, 6.45) is -2.20. The molecule has 0 aliphatic heterocycles. The van der Waals surface area contributed by atoms with Crippen LogP contribution in [0, 0.1) is 0 Å². The van der Waals surface area contributed by atoms with E-state index in [9.17, 15) is 18.7 Å². The van der Waals surface area contributed by atoms with E-state index in [0.29, 0.717) is 5.56 Å². The minimum Gasteiger partial charge on any atom is -0.511 e. The third kappa shape index (κ3) is 4.87. The molecule has 0 bridgehead atoms. The van der Waals surface area contributed by atoms with Gasteiger partial charge in [-0.05, 0) is 12.5 Å². The highest BCUT2D eigenvalue weighted by molar-refractivity contribution is 5.93. The minimum absolute atomic E-state index is 0.000372. The van der Waals surface area contributed by atoms with Gasteiger partial charge in [0, 0.05) is 6.42 Å². The third-order valence-corrected chi connectivity index (χ3v) is 2.73. The lowest BCUT2D eigenvalue weighted by atomic mass is 10.1. The van der Waals surface area contributed by atoms with Crippen molar-refractivity contribution in [2.75, 3.05) is 6.61 Å². The summed E-state index contributed by atoms with van der Waals surface area (Å²) >= 11 is 0. The molecule has 4 nitrogen and oxygen atoms in total. The van der Waals surface area contributed by atoms with Gasteiger partial charge < -0.3 is 14.6 Å². The average Bonchev–Trinajstić information content (AvgIpc) is 2.51. The summed E-state index contributed by atoms with van der Waals surface area (Å²) in [6, 6.07) is 8.64. The van der Waals surface area contributed by atoms with Crippen molar-refractivity contribution in [2.24, 2.45) is 0 Å². The number of aliphatic hydroxyl groups excluding tert-OH is 1. The number of hydrogen-bond acceptors (Lipinski definition) is 4. The Labute approximate surface area is 127 Å². The molecule has 0 spiro atoms. The number of ether oxygens (including phenoxy) is 2. The van der Waals surface area contributed by atoms with Gasteiger partial charge in [0.1, 0.15) is 17.9 Å². The first-order valence-electron chi connectivity index (χ1n) is 6.82. The second-order valence-corrected chi connectivity index (χ2v) is 4.26. The van der Waals surface area contributed by atoms with Crippen LogP contribution in [-0.2, 0) is 20.9 Å². The standard InChI is InChI=1S/C16H18F2O4/c1-3-12(19)13(16(20)21-4-2)14(15(17)18)22-10-11-8-6-5-7-9-11/h5-9,19H,3-4,10H2,1-2H3/b13-12+. The Kier molecular flexibility index (Phi) is 7.08. The molecule has 0 radical (unpaired) electrons. The van der Waals surface area contributed by atoms with Gasteiger partial charge in [0.2, 0.25) is 5.76 Å². The molecule has 0 amide bonds. The number of carbonyl (C=O) groups is 1. The molecule has 0 fully saturated rings. The van der Waals surface area contributed by atoms with Crippen molar-refractivity contribution in [3.63, 3.8) is 0 Å². The van der Waals surface area contributed by atoms with Crippen molar-refractivity contribution in [2.45, 2.75) is 26.9 Å². The number of benzene rings is 1. The lowest BCUT2D eigenvalue weighted by Gasteiger charge is -2.14. The summed E-state index contributed by atoms with van der Waals surface area (Å²) < 4.78 is 36.1. The number of aliphatic hydroxyl groups is 1. The third-order valence-electron chi connectivity index (χ3n) is 2.73. The highest BCUT2D eigenvalue weighted by Crippen LogP contribution is 2.25. The van der Waals surface area contributed by atoms with E-state index in [1.54, 1.807) is 37.3 Å². The van der Waals surface area contributed by atoms with Gasteiger partial charge in [0.05, 0.1) is 6.61 Å². The predicted octanol–water partition coefficient (Wildman–Crippen LogP) is 4.10. The molecular weight excluding hydrogens is 294 g/mol. The summed E-state index contributed by atoms with van der Waals surface area (Å²) in [5, 5.41) is 9.76. The largest absolute Gasteiger partial charge is 0.511 e. The highest BCUT2D eigenvalue weighted by atomic mass is 19.3. The van der Waals surface area contributed by atoms with E-state index >= 15 is 0 Å². The van der Waals surface area contributed by atoms with Crippen molar-refractivity contribution in [1.29, 1.82) is 0 Å². The van der Waals surface area contributed by atoms with Crippen LogP contribution in [0.25, 0.3) is 0 Å². The monoisotopic (exact) mass is 312 g/mol. The van der Waals surface area contributed by atoms with Crippen LogP contribution in [0.15, 0.2) is 53.5 Å². The molecule has 6 heteroatoms. The zero-order valence-corrected chi connectivity index (χ0v) is 12.4. The molecule has 1 N–H and O–H groups in total. The molecule has 1 aromatic rings. The van der Waals surface area contributed by atoms with Gasteiger partial charge in [-0.15, -0.1) is 0 Å². The number of hydrogen-bond donors (Lipinski definition) is 1. The Balaban J connectivity index is 3.06. The van der Waals surface area contributed by atoms with E-state index in [2.05, 4.69) is 0 Å². The van der Waals surface area contributed by atoms with Crippen molar-refractivity contribution in [1.82, 2.24) is 0 Å². The Hall–Kier alpha value is -2.37. The fraction of sp³-hybridized carbons (Fsp3) is 0.312. The molecule has 0 aromatic heterocycles. The Morgan fingerprint density at radius 2 is 1.77 bits per heavy atom.